The largest absolute Gasteiger partial charge is 0.508 e. The maximum absolute atomic E-state index is 11.7. The molecule has 0 fully saturated rings. The van der Waals surface area contributed by atoms with Crippen molar-refractivity contribution in [3.63, 3.8) is 0 Å². The van der Waals surface area contributed by atoms with Crippen molar-refractivity contribution in [2.75, 3.05) is 0 Å². The van der Waals surface area contributed by atoms with Crippen molar-refractivity contribution in [3.05, 3.63) is 59.7 Å². The number of ether oxygens (including phenoxy) is 1. The summed E-state index contributed by atoms with van der Waals surface area (Å²) in [4.78, 5) is 11.7. The predicted molar refractivity (Wildman–Crippen MR) is 68.6 cm³/mol. The lowest BCUT2D eigenvalue weighted by atomic mass is 10.1. The molecule has 0 aliphatic heterocycles. The van der Waals surface area contributed by atoms with Gasteiger partial charge in [0.15, 0.2) is 0 Å². The molecule has 0 saturated carbocycles. The van der Waals surface area contributed by atoms with Gasteiger partial charge in [-0.05, 0) is 24.6 Å². The Hall–Kier alpha value is -2.29. The third kappa shape index (κ3) is 2.88. The summed E-state index contributed by atoms with van der Waals surface area (Å²) in [5, 5.41) is 9.51. The van der Waals surface area contributed by atoms with Crippen LogP contribution in [0.2, 0.25) is 0 Å². The minimum Gasteiger partial charge on any atom is -0.508 e. The highest BCUT2D eigenvalue weighted by Crippen LogP contribution is 2.26. The van der Waals surface area contributed by atoms with Crippen LogP contribution in [-0.2, 0) is 11.2 Å². The number of rotatable bonds is 3. The number of phenolic OH excluding ortho intramolecular Hbond substituents is 1. The Morgan fingerprint density at radius 3 is 2.56 bits per heavy atom. The van der Waals surface area contributed by atoms with Crippen LogP contribution in [0.5, 0.6) is 11.5 Å². The minimum absolute atomic E-state index is 0.125. The average Bonchev–Trinajstić information content (AvgIpc) is 2.36. The van der Waals surface area contributed by atoms with Gasteiger partial charge in [0.1, 0.15) is 11.5 Å². The fourth-order valence-corrected chi connectivity index (χ4v) is 1.63. The molecule has 0 radical (unpaired) electrons. The van der Waals surface area contributed by atoms with Crippen LogP contribution in [0.4, 0.5) is 0 Å². The number of benzene rings is 2. The quantitative estimate of drug-likeness (QED) is 0.665. The summed E-state index contributed by atoms with van der Waals surface area (Å²) in [7, 11) is 0. The molecule has 0 heterocycles. The molecule has 92 valence electrons. The number of carbonyl (C=O) groups is 1. The second-order valence-electron chi connectivity index (χ2n) is 4.04. The van der Waals surface area contributed by atoms with Gasteiger partial charge in [0, 0.05) is 5.56 Å². The topological polar surface area (TPSA) is 46.5 Å². The molecule has 0 saturated heterocycles. The van der Waals surface area contributed by atoms with E-state index >= 15 is 0 Å². The average molecular weight is 242 g/mol. The van der Waals surface area contributed by atoms with E-state index < -0.39 is 0 Å². The van der Waals surface area contributed by atoms with Gasteiger partial charge in [-0.3, -0.25) is 4.79 Å². The van der Waals surface area contributed by atoms with Crippen LogP contribution >= 0.6 is 0 Å². The maximum Gasteiger partial charge on any atom is 0.315 e. The number of carbonyl (C=O) groups excluding carboxylic acids is 1. The van der Waals surface area contributed by atoms with Gasteiger partial charge in [-0.15, -0.1) is 0 Å². The molecule has 2 aromatic carbocycles. The number of phenols is 1. The molecule has 0 bridgehead atoms. The normalized spacial score (nSPS) is 10.1. The molecule has 0 spiro atoms. The van der Waals surface area contributed by atoms with Crippen molar-refractivity contribution < 1.29 is 14.6 Å². The molecule has 0 unspecified atom stereocenters. The van der Waals surface area contributed by atoms with E-state index in [0.717, 1.165) is 5.56 Å². The molecular formula is C15H14O3. The predicted octanol–water partition coefficient (Wildman–Crippen LogP) is 2.85. The molecule has 0 atom stereocenters. The Balaban J connectivity index is 2.06. The van der Waals surface area contributed by atoms with Crippen LogP contribution < -0.4 is 4.74 Å². The number of esters is 1. The molecule has 2 rings (SSSR count). The van der Waals surface area contributed by atoms with Gasteiger partial charge in [0.05, 0.1) is 6.42 Å². The number of hydrogen-bond donors (Lipinski definition) is 1. The van der Waals surface area contributed by atoms with Gasteiger partial charge in [-0.2, -0.15) is 0 Å². The monoisotopic (exact) mass is 242 g/mol. The van der Waals surface area contributed by atoms with E-state index in [1.807, 2.05) is 30.3 Å². The van der Waals surface area contributed by atoms with E-state index in [2.05, 4.69) is 0 Å². The summed E-state index contributed by atoms with van der Waals surface area (Å²) in [5.74, 6) is 0.186. The Bertz CT molecular complexity index is 547. The third-order valence-electron chi connectivity index (χ3n) is 2.67. The fraction of sp³-hybridized carbons (Fsp3) is 0.133. The molecule has 0 aliphatic rings. The van der Waals surface area contributed by atoms with E-state index in [1.54, 1.807) is 25.1 Å². The first-order valence-corrected chi connectivity index (χ1v) is 5.70. The van der Waals surface area contributed by atoms with Crippen molar-refractivity contribution in [2.45, 2.75) is 13.3 Å². The van der Waals surface area contributed by atoms with E-state index in [0.29, 0.717) is 11.3 Å². The van der Waals surface area contributed by atoms with Gasteiger partial charge >= 0.3 is 5.97 Å². The molecule has 1 N–H and O–H groups in total. The van der Waals surface area contributed by atoms with Crippen LogP contribution in [-0.4, -0.2) is 11.1 Å². The smallest absolute Gasteiger partial charge is 0.315 e. The lowest BCUT2D eigenvalue weighted by molar-refractivity contribution is -0.133. The highest BCUT2D eigenvalue weighted by molar-refractivity contribution is 5.75. The zero-order valence-electron chi connectivity index (χ0n) is 10.1. The van der Waals surface area contributed by atoms with Gasteiger partial charge in [-0.1, -0.05) is 36.4 Å². The molecule has 0 amide bonds. The van der Waals surface area contributed by atoms with E-state index in [-0.39, 0.29) is 18.1 Å². The summed E-state index contributed by atoms with van der Waals surface area (Å²) in [6.07, 6.45) is 0.218. The number of hydrogen-bond acceptors (Lipinski definition) is 3. The van der Waals surface area contributed by atoms with E-state index in [1.165, 1.54) is 0 Å². The second-order valence-corrected chi connectivity index (χ2v) is 4.04. The van der Waals surface area contributed by atoms with Crippen molar-refractivity contribution in [1.29, 1.82) is 0 Å². The summed E-state index contributed by atoms with van der Waals surface area (Å²) < 4.78 is 5.23. The van der Waals surface area contributed by atoms with Gasteiger partial charge < -0.3 is 9.84 Å². The van der Waals surface area contributed by atoms with E-state index in [9.17, 15) is 9.90 Å². The first-order valence-electron chi connectivity index (χ1n) is 5.70. The standard InChI is InChI=1S/C15H14O3/c1-11-13(16)8-5-9-14(11)18-15(17)10-12-6-3-2-4-7-12/h2-9,16H,10H2,1H3. The van der Waals surface area contributed by atoms with Gasteiger partial charge in [-0.25, -0.2) is 0 Å². The molecule has 2 aromatic rings. The van der Waals surface area contributed by atoms with Crippen molar-refractivity contribution in [2.24, 2.45) is 0 Å². The third-order valence-corrected chi connectivity index (χ3v) is 2.67. The van der Waals surface area contributed by atoms with Crippen LogP contribution in [0.1, 0.15) is 11.1 Å². The zero-order chi connectivity index (χ0) is 13.0. The summed E-state index contributed by atoms with van der Waals surface area (Å²) in [5.41, 5.74) is 1.47. The van der Waals surface area contributed by atoms with Crippen LogP contribution in [0.15, 0.2) is 48.5 Å². The molecular weight excluding hydrogens is 228 g/mol. The lowest BCUT2D eigenvalue weighted by Gasteiger charge is -2.08. The molecule has 3 nitrogen and oxygen atoms in total. The Kier molecular flexibility index (Phi) is 3.63. The lowest BCUT2D eigenvalue weighted by Crippen LogP contribution is -2.11. The van der Waals surface area contributed by atoms with E-state index in [4.69, 9.17) is 4.74 Å². The van der Waals surface area contributed by atoms with Gasteiger partial charge in [0.2, 0.25) is 0 Å². The Morgan fingerprint density at radius 1 is 1.11 bits per heavy atom. The molecule has 0 aromatic heterocycles. The highest BCUT2D eigenvalue weighted by atomic mass is 16.5. The van der Waals surface area contributed by atoms with Crippen LogP contribution in [0.3, 0.4) is 0 Å². The molecule has 18 heavy (non-hydrogen) atoms. The summed E-state index contributed by atoms with van der Waals surface area (Å²) in [6.45, 7) is 1.71. The Morgan fingerprint density at radius 2 is 1.83 bits per heavy atom. The molecule has 0 aliphatic carbocycles. The second kappa shape index (κ2) is 5.36. The van der Waals surface area contributed by atoms with Crippen LogP contribution in [0.25, 0.3) is 0 Å². The molecule has 3 heteroatoms. The SMILES string of the molecule is Cc1c(O)cccc1OC(=O)Cc1ccccc1. The Labute approximate surface area is 106 Å². The zero-order valence-corrected chi connectivity index (χ0v) is 10.1. The van der Waals surface area contributed by atoms with Crippen LogP contribution in [0, 0.1) is 6.92 Å². The first-order chi connectivity index (χ1) is 8.66. The fourth-order valence-electron chi connectivity index (χ4n) is 1.63. The highest BCUT2D eigenvalue weighted by Gasteiger charge is 2.09. The summed E-state index contributed by atoms with van der Waals surface area (Å²) >= 11 is 0. The maximum atomic E-state index is 11.7. The first kappa shape index (κ1) is 12.2. The summed E-state index contributed by atoms with van der Waals surface area (Å²) in [6, 6.07) is 14.3. The minimum atomic E-state index is -0.338. The van der Waals surface area contributed by atoms with Crippen molar-refractivity contribution in [1.82, 2.24) is 0 Å². The van der Waals surface area contributed by atoms with Gasteiger partial charge in [0.25, 0.3) is 0 Å². The van der Waals surface area contributed by atoms with Crippen molar-refractivity contribution >= 4 is 5.97 Å². The van der Waals surface area contributed by atoms with Crippen molar-refractivity contribution in [3.8, 4) is 11.5 Å². The number of aromatic hydroxyl groups is 1.